The summed E-state index contributed by atoms with van der Waals surface area (Å²) >= 11 is 0. The third kappa shape index (κ3) is 8.18. The lowest BCUT2D eigenvalue weighted by Gasteiger charge is -2.11. The Bertz CT molecular complexity index is 496. The van der Waals surface area contributed by atoms with Crippen LogP contribution in [0.5, 0.6) is 0 Å². The van der Waals surface area contributed by atoms with Gasteiger partial charge >= 0.3 is 6.03 Å². The summed E-state index contributed by atoms with van der Waals surface area (Å²) in [7, 11) is 0. The number of halogens is 1. The fourth-order valence-electron chi connectivity index (χ4n) is 1.57. The van der Waals surface area contributed by atoms with Crippen molar-refractivity contribution in [1.29, 1.82) is 0 Å². The first-order valence-electron chi connectivity index (χ1n) is 7.24. The Balaban J connectivity index is 5.30. The molecule has 0 aromatic carbocycles. The van der Waals surface area contributed by atoms with Crippen LogP contribution in [0.1, 0.15) is 47.0 Å². The van der Waals surface area contributed by atoms with Gasteiger partial charge in [-0.1, -0.05) is 19.9 Å². The van der Waals surface area contributed by atoms with Gasteiger partial charge in [0.25, 0.3) is 0 Å². The molecule has 0 saturated carbocycles. The highest BCUT2D eigenvalue weighted by Gasteiger charge is 2.11. The predicted octanol–water partition coefficient (Wildman–Crippen LogP) is 3.80. The number of rotatable bonds is 8. The summed E-state index contributed by atoms with van der Waals surface area (Å²) < 4.78 is 14.1. The van der Waals surface area contributed by atoms with Gasteiger partial charge in [0, 0.05) is 22.6 Å². The highest BCUT2D eigenvalue weighted by molar-refractivity contribution is 5.78. The van der Waals surface area contributed by atoms with E-state index in [2.05, 4.69) is 10.6 Å². The molecule has 124 valence electrons. The third-order valence-corrected chi connectivity index (χ3v) is 2.89. The number of carbonyl (C=O) groups excluding carboxylic acids is 1. The maximum absolute atomic E-state index is 14.1. The van der Waals surface area contributed by atoms with Gasteiger partial charge < -0.3 is 10.6 Å². The van der Waals surface area contributed by atoms with E-state index in [9.17, 15) is 19.3 Å². The molecule has 0 spiro atoms. The molecule has 0 aliphatic rings. The van der Waals surface area contributed by atoms with E-state index >= 15 is 0 Å². The van der Waals surface area contributed by atoms with Gasteiger partial charge in [0.05, 0.1) is 5.70 Å². The second-order valence-electron chi connectivity index (χ2n) is 4.77. The van der Waals surface area contributed by atoms with Crippen LogP contribution in [-0.2, 0) is 0 Å². The summed E-state index contributed by atoms with van der Waals surface area (Å²) in [5.74, 6) is -0.495. The van der Waals surface area contributed by atoms with E-state index in [1.807, 2.05) is 6.92 Å². The van der Waals surface area contributed by atoms with Crippen molar-refractivity contribution in [3.05, 3.63) is 45.1 Å². The van der Waals surface area contributed by atoms with Crippen LogP contribution in [-0.4, -0.2) is 17.5 Å². The molecular formula is C15H24FN3O3. The second kappa shape index (κ2) is 10.5. The second-order valence-corrected chi connectivity index (χ2v) is 4.77. The van der Waals surface area contributed by atoms with Crippen molar-refractivity contribution in [3.63, 3.8) is 0 Å². The highest BCUT2D eigenvalue weighted by atomic mass is 19.1. The molecule has 2 amide bonds. The molecule has 7 heteroatoms. The summed E-state index contributed by atoms with van der Waals surface area (Å²) in [5.41, 5.74) is 1.04. The van der Waals surface area contributed by atoms with E-state index in [1.165, 1.54) is 6.08 Å². The molecule has 0 rings (SSSR count). The first kappa shape index (κ1) is 19.8. The van der Waals surface area contributed by atoms with Crippen molar-refractivity contribution in [2.24, 2.45) is 0 Å². The normalized spacial score (nSPS) is 13.5. The van der Waals surface area contributed by atoms with E-state index < -0.39 is 16.8 Å². The molecule has 0 bridgehead atoms. The smallest absolute Gasteiger partial charge is 0.312 e. The standard InChI is InChI=1S/C15H24FN3O3/c1-5-8-13(16)14(9-12(7-3)10-19(21)22)18-15(20)17-11(4)6-2/h6,9H,5,7-8,10H2,1-4H3,(H2,17,18,20)/b11-6+,12-9+,14-13-. The third-order valence-electron chi connectivity index (χ3n) is 2.89. The van der Waals surface area contributed by atoms with Gasteiger partial charge in [-0.3, -0.25) is 10.1 Å². The molecule has 0 atom stereocenters. The van der Waals surface area contributed by atoms with Crippen molar-refractivity contribution in [2.45, 2.75) is 47.0 Å². The summed E-state index contributed by atoms with van der Waals surface area (Å²) in [6, 6.07) is -0.579. The number of nitrogens with one attached hydrogen (secondary N) is 2. The number of hydrogen-bond acceptors (Lipinski definition) is 3. The number of nitro groups is 1. The Hall–Kier alpha value is -2.18. The van der Waals surface area contributed by atoms with Crippen molar-refractivity contribution < 1.29 is 14.1 Å². The average Bonchev–Trinajstić information content (AvgIpc) is 2.45. The van der Waals surface area contributed by atoms with E-state index in [0.29, 0.717) is 24.1 Å². The summed E-state index contributed by atoms with van der Waals surface area (Å²) in [6.45, 7) is 6.63. The van der Waals surface area contributed by atoms with Gasteiger partial charge in [-0.25, -0.2) is 9.18 Å². The zero-order valence-corrected chi connectivity index (χ0v) is 13.5. The average molecular weight is 313 g/mol. The van der Waals surface area contributed by atoms with Crippen LogP contribution in [0.2, 0.25) is 0 Å². The molecule has 0 aromatic heterocycles. The fourth-order valence-corrected chi connectivity index (χ4v) is 1.57. The molecule has 0 aliphatic carbocycles. The van der Waals surface area contributed by atoms with E-state index in [1.54, 1.807) is 26.8 Å². The van der Waals surface area contributed by atoms with Crippen LogP contribution in [0.3, 0.4) is 0 Å². The monoisotopic (exact) mass is 313 g/mol. The Kier molecular flexibility index (Phi) is 9.49. The molecule has 0 saturated heterocycles. The minimum atomic E-state index is -0.579. The molecule has 0 aliphatic heterocycles. The number of allylic oxidation sites excluding steroid dienone is 4. The molecule has 0 fully saturated rings. The summed E-state index contributed by atoms with van der Waals surface area (Å²) in [6.07, 6.45) is 4.17. The largest absolute Gasteiger partial charge is 0.323 e. The van der Waals surface area contributed by atoms with E-state index in [0.717, 1.165) is 0 Å². The minimum absolute atomic E-state index is 0.0260. The van der Waals surface area contributed by atoms with Crippen LogP contribution in [0, 0.1) is 10.1 Å². The van der Waals surface area contributed by atoms with Gasteiger partial charge in [0.2, 0.25) is 6.54 Å². The Morgan fingerprint density at radius 1 is 1.32 bits per heavy atom. The molecule has 0 unspecified atom stereocenters. The minimum Gasteiger partial charge on any atom is -0.312 e. The van der Waals surface area contributed by atoms with Gasteiger partial charge in [0.15, 0.2) is 0 Å². The maximum Gasteiger partial charge on any atom is 0.323 e. The first-order valence-corrected chi connectivity index (χ1v) is 7.24. The lowest BCUT2D eigenvalue weighted by molar-refractivity contribution is -0.471. The van der Waals surface area contributed by atoms with E-state index in [-0.39, 0.29) is 18.7 Å². The fraction of sp³-hybridized carbons (Fsp3) is 0.533. The quantitative estimate of drug-likeness (QED) is 0.406. The van der Waals surface area contributed by atoms with Crippen LogP contribution >= 0.6 is 0 Å². The number of urea groups is 1. The molecular weight excluding hydrogens is 289 g/mol. The summed E-state index contributed by atoms with van der Waals surface area (Å²) in [5, 5.41) is 15.6. The topological polar surface area (TPSA) is 84.3 Å². The number of nitrogens with zero attached hydrogens (tertiary/aromatic N) is 1. The Labute approximate surface area is 130 Å². The highest BCUT2D eigenvalue weighted by Crippen LogP contribution is 2.15. The van der Waals surface area contributed by atoms with Crippen molar-refractivity contribution in [1.82, 2.24) is 10.6 Å². The molecule has 2 N–H and O–H groups in total. The molecule has 22 heavy (non-hydrogen) atoms. The summed E-state index contributed by atoms with van der Waals surface area (Å²) in [4.78, 5) is 21.9. The lowest BCUT2D eigenvalue weighted by atomic mass is 10.1. The van der Waals surface area contributed by atoms with Gasteiger partial charge in [-0.2, -0.15) is 0 Å². The van der Waals surface area contributed by atoms with Gasteiger partial charge in [-0.15, -0.1) is 0 Å². The molecule has 0 aromatic rings. The van der Waals surface area contributed by atoms with E-state index in [4.69, 9.17) is 0 Å². The first-order chi connectivity index (χ1) is 10.3. The Morgan fingerprint density at radius 3 is 2.41 bits per heavy atom. The SMILES string of the molecule is C/C=C(\C)NC(=O)NC(/C=C(\CC)C[N+](=O)[O-])=C(\F)CCC. The van der Waals surface area contributed by atoms with Crippen molar-refractivity contribution >= 4 is 6.03 Å². The molecule has 6 nitrogen and oxygen atoms in total. The lowest BCUT2D eigenvalue weighted by Crippen LogP contribution is -2.34. The number of hydrogen-bond donors (Lipinski definition) is 2. The van der Waals surface area contributed by atoms with Crippen LogP contribution in [0.4, 0.5) is 9.18 Å². The zero-order chi connectivity index (χ0) is 17.1. The van der Waals surface area contributed by atoms with Crippen molar-refractivity contribution in [3.8, 4) is 0 Å². The predicted molar refractivity (Wildman–Crippen MR) is 84.4 cm³/mol. The maximum atomic E-state index is 14.1. The zero-order valence-electron chi connectivity index (χ0n) is 13.5. The van der Waals surface area contributed by atoms with Crippen LogP contribution < -0.4 is 10.6 Å². The van der Waals surface area contributed by atoms with Gasteiger partial charge in [-0.05, 0) is 32.8 Å². The van der Waals surface area contributed by atoms with Crippen LogP contribution in [0.15, 0.2) is 34.9 Å². The molecule has 0 radical (unpaired) electrons. The number of amides is 2. The molecule has 0 heterocycles. The van der Waals surface area contributed by atoms with Crippen LogP contribution in [0.25, 0.3) is 0 Å². The van der Waals surface area contributed by atoms with Gasteiger partial charge in [0.1, 0.15) is 5.83 Å². The number of carbonyl (C=O) groups is 1. The van der Waals surface area contributed by atoms with Crippen molar-refractivity contribution in [2.75, 3.05) is 6.54 Å². The Morgan fingerprint density at radius 2 is 1.95 bits per heavy atom.